The summed E-state index contributed by atoms with van der Waals surface area (Å²) < 4.78 is 11.6. The lowest BCUT2D eigenvalue weighted by molar-refractivity contribution is -0.169. The molecule has 25 heavy (non-hydrogen) atoms. The van der Waals surface area contributed by atoms with Crippen molar-refractivity contribution in [3.05, 3.63) is 48.0 Å². The SMILES string of the molecule is C[C@@H]1CC[C@@H](C(C)(C)c2ccccc2)[C@H](OC(=O)[C@@H]2CC=CCO2)C1. The van der Waals surface area contributed by atoms with Gasteiger partial charge in [-0.1, -0.05) is 69.7 Å². The number of benzene rings is 1. The summed E-state index contributed by atoms with van der Waals surface area (Å²) in [7, 11) is 0. The molecule has 0 radical (unpaired) electrons. The first-order chi connectivity index (χ1) is 12.0. The van der Waals surface area contributed by atoms with E-state index in [1.54, 1.807) is 0 Å². The van der Waals surface area contributed by atoms with Gasteiger partial charge in [0.1, 0.15) is 6.10 Å². The fourth-order valence-corrected chi connectivity index (χ4v) is 4.28. The van der Waals surface area contributed by atoms with Crippen LogP contribution in [0.2, 0.25) is 0 Å². The lowest BCUT2D eigenvalue weighted by atomic mass is 9.64. The van der Waals surface area contributed by atoms with Gasteiger partial charge in [0.2, 0.25) is 0 Å². The molecule has 1 fully saturated rings. The maximum absolute atomic E-state index is 12.6. The largest absolute Gasteiger partial charge is 0.460 e. The molecular formula is C22H30O3. The molecule has 1 aliphatic carbocycles. The van der Waals surface area contributed by atoms with E-state index < -0.39 is 6.10 Å². The topological polar surface area (TPSA) is 35.5 Å². The Morgan fingerprint density at radius 1 is 1.16 bits per heavy atom. The van der Waals surface area contributed by atoms with Crippen LogP contribution in [0.25, 0.3) is 0 Å². The quantitative estimate of drug-likeness (QED) is 0.590. The van der Waals surface area contributed by atoms with Crippen molar-refractivity contribution in [1.29, 1.82) is 0 Å². The highest BCUT2D eigenvalue weighted by atomic mass is 16.6. The van der Waals surface area contributed by atoms with Crippen molar-refractivity contribution in [3.8, 4) is 0 Å². The molecule has 0 saturated heterocycles. The molecule has 0 bridgehead atoms. The van der Waals surface area contributed by atoms with Gasteiger partial charge in [0, 0.05) is 12.3 Å². The Labute approximate surface area is 151 Å². The van der Waals surface area contributed by atoms with E-state index >= 15 is 0 Å². The van der Waals surface area contributed by atoms with Crippen LogP contribution in [0.15, 0.2) is 42.5 Å². The Balaban J connectivity index is 1.76. The highest BCUT2D eigenvalue weighted by Crippen LogP contribution is 2.43. The lowest BCUT2D eigenvalue weighted by Gasteiger charge is -2.44. The van der Waals surface area contributed by atoms with Crippen molar-refractivity contribution in [1.82, 2.24) is 0 Å². The van der Waals surface area contributed by atoms with Gasteiger partial charge in [0.05, 0.1) is 6.61 Å². The number of carbonyl (C=O) groups excluding carboxylic acids is 1. The highest BCUT2D eigenvalue weighted by Gasteiger charge is 2.42. The first-order valence-electron chi connectivity index (χ1n) is 9.51. The molecule has 3 heteroatoms. The second kappa shape index (κ2) is 7.74. The number of hydrogen-bond acceptors (Lipinski definition) is 3. The Morgan fingerprint density at radius 3 is 2.60 bits per heavy atom. The van der Waals surface area contributed by atoms with Gasteiger partial charge in [-0.05, 0) is 29.7 Å². The van der Waals surface area contributed by atoms with E-state index in [9.17, 15) is 4.79 Å². The van der Waals surface area contributed by atoms with E-state index in [1.165, 1.54) is 12.0 Å². The van der Waals surface area contributed by atoms with Gasteiger partial charge in [-0.2, -0.15) is 0 Å². The number of ether oxygens (including phenoxy) is 2. The molecule has 1 aromatic carbocycles. The minimum absolute atomic E-state index is 0.0281. The summed E-state index contributed by atoms with van der Waals surface area (Å²) in [4.78, 5) is 12.6. The monoisotopic (exact) mass is 342 g/mol. The second-order valence-corrected chi connectivity index (χ2v) is 8.12. The molecule has 0 spiro atoms. The molecule has 1 aromatic rings. The third kappa shape index (κ3) is 4.14. The van der Waals surface area contributed by atoms with Crippen LogP contribution in [-0.4, -0.2) is 24.8 Å². The zero-order valence-electron chi connectivity index (χ0n) is 15.6. The molecule has 3 rings (SSSR count). The summed E-state index contributed by atoms with van der Waals surface area (Å²) in [6.45, 7) is 7.32. The maximum Gasteiger partial charge on any atom is 0.335 e. The zero-order chi connectivity index (χ0) is 17.9. The van der Waals surface area contributed by atoms with Crippen molar-refractivity contribution in [3.63, 3.8) is 0 Å². The van der Waals surface area contributed by atoms with Gasteiger partial charge < -0.3 is 9.47 Å². The lowest BCUT2D eigenvalue weighted by Crippen LogP contribution is -2.45. The minimum Gasteiger partial charge on any atom is -0.460 e. The van der Waals surface area contributed by atoms with E-state index in [1.807, 2.05) is 18.2 Å². The van der Waals surface area contributed by atoms with Crippen molar-refractivity contribution in [2.24, 2.45) is 11.8 Å². The predicted octanol–water partition coefficient (Wildman–Crippen LogP) is 4.66. The summed E-state index contributed by atoms with van der Waals surface area (Å²) in [5.41, 5.74) is 1.28. The van der Waals surface area contributed by atoms with Gasteiger partial charge in [-0.3, -0.25) is 0 Å². The van der Waals surface area contributed by atoms with Crippen LogP contribution in [-0.2, 0) is 19.7 Å². The van der Waals surface area contributed by atoms with Gasteiger partial charge in [0.15, 0.2) is 6.10 Å². The van der Waals surface area contributed by atoms with Crippen LogP contribution in [0.1, 0.15) is 52.0 Å². The van der Waals surface area contributed by atoms with Crippen LogP contribution in [0.3, 0.4) is 0 Å². The molecule has 136 valence electrons. The molecule has 3 nitrogen and oxygen atoms in total. The third-order valence-corrected chi connectivity index (χ3v) is 5.94. The van der Waals surface area contributed by atoms with Gasteiger partial charge in [-0.25, -0.2) is 4.79 Å². The normalized spacial score (nSPS) is 30.0. The second-order valence-electron chi connectivity index (χ2n) is 8.12. The standard InChI is InChI=1S/C22H30O3/c1-16-12-13-18(22(2,3)17-9-5-4-6-10-17)20(15-16)25-21(23)19-11-7-8-14-24-19/h4-10,16,18-20H,11-15H2,1-3H3/t16-,18-,19+,20-/m1/s1. The molecular weight excluding hydrogens is 312 g/mol. The number of hydrogen-bond donors (Lipinski definition) is 0. The van der Waals surface area contributed by atoms with Gasteiger partial charge in [-0.15, -0.1) is 0 Å². The Hall–Kier alpha value is -1.61. The molecule has 4 atom stereocenters. The van der Waals surface area contributed by atoms with E-state index in [4.69, 9.17) is 9.47 Å². The molecule has 0 unspecified atom stereocenters. The smallest absolute Gasteiger partial charge is 0.335 e. The first kappa shape index (κ1) is 18.2. The van der Waals surface area contributed by atoms with Crippen molar-refractivity contribution < 1.29 is 14.3 Å². The Kier molecular flexibility index (Phi) is 5.63. The van der Waals surface area contributed by atoms with E-state index in [-0.39, 0.29) is 17.5 Å². The van der Waals surface area contributed by atoms with E-state index in [0.29, 0.717) is 24.9 Å². The molecule has 2 aliphatic rings. The summed E-state index contributed by atoms with van der Waals surface area (Å²) in [5.74, 6) is 0.722. The van der Waals surface area contributed by atoms with E-state index in [2.05, 4.69) is 45.0 Å². The summed E-state index contributed by atoms with van der Waals surface area (Å²) in [6.07, 6.45) is 7.31. The molecule has 1 heterocycles. The van der Waals surface area contributed by atoms with Crippen LogP contribution < -0.4 is 0 Å². The summed E-state index contributed by atoms with van der Waals surface area (Å²) >= 11 is 0. The number of rotatable bonds is 4. The third-order valence-electron chi connectivity index (χ3n) is 5.94. The van der Waals surface area contributed by atoms with Gasteiger partial charge >= 0.3 is 5.97 Å². The fourth-order valence-electron chi connectivity index (χ4n) is 4.28. The van der Waals surface area contributed by atoms with Crippen LogP contribution in [0.5, 0.6) is 0 Å². The highest BCUT2D eigenvalue weighted by molar-refractivity contribution is 5.75. The first-order valence-corrected chi connectivity index (χ1v) is 9.51. The summed E-state index contributed by atoms with van der Waals surface area (Å²) in [5, 5.41) is 0. The van der Waals surface area contributed by atoms with Crippen molar-refractivity contribution in [2.75, 3.05) is 6.61 Å². The molecule has 0 amide bonds. The Morgan fingerprint density at radius 2 is 1.92 bits per heavy atom. The van der Waals surface area contributed by atoms with Crippen molar-refractivity contribution in [2.45, 2.75) is 64.1 Å². The minimum atomic E-state index is -0.442. The van der Waals surface area contributed by atoms with Crippen LogP contribution >= 0.6 is 0 Å². The van der Waals surface area contributed by atoms with Crippen molar-refractivity contribution >= 4 is 5.97 Å². The average Bonchev–Trinajstić information content (AvgIpc) is 2.63. The zero-order valence-corrected chi connectivity index (χ0v) is 15.6. The molecule has 1 saturated carbocycles. The summed E-state index contributed by atoms with van der Waals surface area (Å²) in [6, 6.07) is 10.6. The average molecular weight is 342 g/mol. The predicted molar refractivity (Wildman–Crippen MR) is 99.4 cm³/mol. The van der Waals surface area contributed by atoms with E-state index in [0.717, 1.165) is 12.8 Å². The van der Waals surface area contributed by atoms with Gasteiger partial charge in [0.25, 0.3) is 0 Å². The number of carbonyl (C=O) groups is 1. The van der Waals surface area contributed by atoms with Crippen LogP contribution in [0, 0.1) is 11.8 Å². The Bertz CT molecular complexity index is 605. The van der Waals surface area contributed by atoms with Crippen LogP contribution in [0.4, 0.5) is 0 Å². The number of esters is 1. The molecule has 0 aromatic heterocycles. The maximum atomic E-state index is 12.6. The fraction of sp³-hybridized carbons (Fsp3) is 0.591. The molecule has 0 N–H and O–H groups in total. The molecule has 1 aliphatic heterocycles.